The molecule has 0 radical (unpaired) electrons. The summed E-state index contributed by atoms with van der Waals surface area (Å²) in [5.41, 5.74) is 16.7. The molecule has 0 aromatic heterocycles. The van der Waals surface area contributed by atoms with E-state index in [0.717, 1.165) is 154 Å². The van der Waals surface area contributed by atoms with Crippen molar-refractivity contribution in [2.24, 2.45) is 0 Å². The Kier molecular flexibility index (Phi) is 10.7. The molecule has 0 N–H and O–H groups in total. The van der Waals surface area contributed by atoms with E-state index in [9.17, 15) is 0 Å². The van der Waals surface area contributed by atoms with Crippen LogP contribution in [0.5, 0.6) is 0 Å². The fourth-order valence-electron chi connectivity index (χ4n) is 14.2. The Morgan fingerprint density at radius 1 is 0.143 bits per heavy atom. The second kappa shape index (κ2) is 18.8. The maximum absolute atomic E-state index is 17.2. The Labute approximate surface area is 484 Å². The highest BCUT2D eigenvalue weighted by Crippen LogP contribution is 2.53. The molecule has 0 saturated carbocycles. The standard InChI is InChI=1S/C82H48O2/c83-81-77-73-65-41-57(49-25-9-1-10-26-49)58(50-27-11-2-12-28-50)42-66(65)74(68-44-60(52-31-15-4-16-32-52)59(43-67(68)73)51-29-13-3-14-30-51)78(77)82(84)80-76-71-47-63(55-37-21-7-22-38-55)61(53-33-17-5-18-34-53)45-69(71)75(79(80)81)70-46-62(54-35-19-6-20-36-54)64(48-72(70)76)56-39-23-8-24-40-56/h1-48H. The van der Waals surface area contributed by atoms with E-state index in [4.69, 9.17) is 0 Å². The summed E-state index contributed by atoms with van der Waals surface area (Å²) < 4.78 is 0. The van der Waals surface area contributed by atoms with Crippen LogP contribution in [0.2, 0.25) is 0 Å². The topological polar surface area (TPSA) is 34.1 Å². The van der Waals surface area contributed by atoms with Crippen molar-refractivity contribution in [3.63, 3.8) is 0 Å². The van der Waals surface area contributed by atoms with Crippen molar-refractivity contribution in [3.8, 4) is 89.0 Å². The number of hydrogen-bond acceptors (Lipinski definition) is 2. The van der Waals surface area contributed by atoms with Gasteiger partial charge >= 0.3 is 0 Å². The van der Waals surface area contributed by atoms with Crippen molar-refractivity contribution in [2.45, 2.75) is 0 Å². The number of hydrogen-bond donors (Lipinski definition) is 0. The number of benzene rings is 19. The fourth-order valence-corrected chi connectivity index (χ4v) is 14.2. The molecule has 84 heavy (non-hydrogen) atoms. The molecule has 388 valence electrons. The summed E-state index contributed by atoms with van der Waals surface area (Å²) in [6.45, 7) is 0. The molecule has 19 aromatic carbocycles. The van der Waals surface area contributed by atoms with E-state index >= 15 is 9.59 Å². The highest BCUT2D eigenvalue weighted by molar-refractivity contribution is 6.47. The third-order valence-corrected chi connectivity index (χ3v) is 17.9. The molecular formula is C82H48O2. The normalized spacial score (nSPS) is 11.9. The minimum absolute atomic E-state index is 0.129. The number of rotatable bonds is 8. The summed E-state index contributed by atoms with van der Waals surface area (Å²) in [5.74, 6) is 0. The Morgan fingerprint density at radius 3 is 0.381 bits per heavy atom. The molecule has 2 nitrogen and oxygen atoms in total. The minimum Gasteiger partial charge on any atom is -0.289 e. The van der Waals surface area contributed by atoms with E-state index < -0.39 is 0 Å². The first-order valence-electron chi connectivity index (χ1n) is 28.8. The monoisotopic (exact) mass is 1060 g/mol. The quantitative estimate of drug-likeness (QED) is 0.142. The van der Waals surface area contributed by atoms with Crippen molar-refractivity contribution in [1.82, 2.24) is 0 Å². The van der Waals surface area contributed by atoms with Gasteiger partial charge in [-0.15, -0.1) is 0 Å². The smallest absolute Gasteiger partial charge is 0.195 e. The van der Waals surface area contributed by atoms with Crippen molar-refractivity contribution >= 4 is 86.2 Å². The molecule has 0 saturated heterocycles. The first-order valence-corrected chi connectivity index (χ1v) is 28.8. The second-order valence-electron chi connectivity index (χ2n) is 22.4. The maximum atomic E-state index is 17.2. The fraction of sp³-hybridized carbons (Fsp3) is 0. The van der Waals surface area contributed by atoms with Crippen LogP contribution in [0, 0.1) is 0 Å². The predicted octanol–water partition coefficient (Wildman–Crippen LogP) is 21.3. The Hall–Kier alpha value is -11.1. The van der Waals surface area contributed by atoms with Gasteiger partial charge in [-0.3, -0.25) is 9.59 Å². The zero-order valence-electron chi connectivity index (χ0n) is 45.5. The molecule has 19 rings (SSSR count). The van der Waals surface area contributed by atoms with Crippen LogP contribution in [0.15, 0.2) is 301 Å². The SMILES string of the molecule is O=c1c2c(c(=O)c3c1c1c4cc(-c5ccccc5)c(-c5ccccc5)cc4c3c3cc(-c4ccccc4)c(-c4ccccc4)cc31)c1c3cc(-c4ccccc4)c(-c4ccccc4)cc3c2c2cc(-c3ccccc3)c(-c3ccccc3)cc21. The summed E-state index contributed by atoms with van der Waals surface area (Å²) >= 11 is 0. The molecule has 0 fully saturated rings. The van der Waals surface area contributed by atoms with Crippen LogP contribution >= 0.6 is 0 Å². The van der Waals surface area contributed by atoms with Gasteiger partial charge in [0.25, 0.3) is 0 Å². The third-order valence-electron chi connectivity index (χ3n) is 17.9. The van der Waals surface area contributed by atoms with E-state index in [2.05, 4.69) is 291 Å². The van der Waals surface area contributed by atoms with E-state index in [-0.39, 0.29) is 10.9 Å². The van der Waals surface area contributed by atoms with E-state index in [1.807, 2.05) is 0 Å². The van der Waals surface area contributed by atoms with Gasteiger partial charge in [-0.25, -0.2) is 0 Å². The first kappa shape index (κ1) is 47.7. The summed E-state index contributed by atoms with van der Waals surface area (Å²) in [4.78, 5) is 34.4. The summed E-state index contributed by atoms with van der Waals surface area (Å²) in [7, 11) is 0. The van der Waals surface area contributed by atoms with E-state index in [1.54, 1.807) is 0 Å². The van der Waals surface area contributed by atoms with Gasteiger partial charge in [0.05, 0.1) is 0 Å². The molecule has 2 heteroatoms. The largest absolute Gasteiger partial charge is 0.289 e. The van der Waals surface area contributed by atoms with Crippen molar-refractivity contribution in [2.75, 3.05) is 0 Å². The van der Waals surface area contributed by atoms with Crippen molar-refractivity contribution < 1.29 is 0 Å². The molecular weight excluding hydrogens is 1020 g/mol. The van der Waals surface area contributed by atoms with Gasteiger partial charge in [0.1, 0.15) is 0 Å². The molecule has 0 aliphatic carbocycles. The van der Waals surface area contributed by atoms with Crippen LogP contribution in [0.25, 0.3) is 175 Å². The summed E-state index contributed by atoms with van der Waals surface area (Å²) in [6.07, 6.45) is 0. The molecule has 0 atom stereocenters. The first-order chi connectivity index (χ1) is 41.6. The molecule has 19 aromatic rings. The van der Waals surface area contributed by atoms with E-state index in [0.29, 0.717) is 21.5 Å². The van der Waals surface area contributed by atoms with Crippen LogP contribution in [0.3, 0.4) is 0 Å². The zero-order chi connectivity index (χ0) is 55.6. The zero-order valence-corrected chi connectivity index (χ0v) is 45.5. The predicted molar refractivity (Wildman–Crippen MR) is 356 cm³/mol. The maximum Gasteiger partial charge on any atom is 0.195 e. The third kappa shape index (κ3) is 7.11. The summed E-state index contributed by atoms with van der Waals surface area (Å²) in [6, 6.07) is 103. The van der Waals surface area contributed by atoms with Gasteiger partial charge in [0.15, 0.2) is 10.9 Å². The van der Waals surface area contributed by atoms with E-state index in [1.165, 1.54) is 0 Å². The molecule has 0 aliphatic heterocycles. The van der Waals surface area contributed by atoms with Gasteiger partial charge in [0.2, 0.25) is 0 Å². The average Bonchev–Trinajstić information content (AvgIpc) is 1.72. The van der Waals surface area contributed by atoms with Crippen molar-refractivity contribution in [3.05, 3.63) is 312 Å². The Balaban J connectivity index is 1.13. The highest BCUT2D eigenvalue weighted by atomic mass is 16.1. The Morgan fingerprint density at radius 2 is 0.262 bits per heavy atom. The van der Waals surface area contributed by atoms with Gasteiger partial charge < -0.3 is 0 Å². The molecule has 0 amide bonds. The molecule has 0 heterocycles. The molecule has 0 unspecified atom stereocenters. The van der Waals surface area contributed by atoms with Gasteiger partial charge in [-0.05, 0) is 181 Å². The van der Waals surface area contributed by atoms with Crippen LogP contribution < -0.4 is 10.9 Å². The van der Waals surface area contributed by atoms with Crippen molar-refractivity contribution in [1.29, 1.82) is 0 Å². The molecule has 0 spiro atoms. The van der Waals surface area contributed by atoms with Crippen LogP contribution in [-0.2, 0) is 0 Å². The second-order valence-corrected chi connectivity index (χ2v) is 22.4. The Bertz CT molecular complexity index is 4570. The average molecular weight is 1070 g/mol. The van der Waals surface area contributed by atoms with Gasteiger partial charge in [-0.2, -0.15) is 0 Å². The summed E-state index contributed by atoms with van der Waals surface area (Å²) in [5, 5.41) is 12.7. The van der Waals surface area contributed by atoms with Crippen LogP contribution in [0.4, 0.5) is 0 Å². The lowest BCUT2D eigenvalue weighted by Crippen LogP contribution is -2.17. The van der Waals surface area contributed by atoms with Crippen LogP contribution in [-0.4, -0.2) is 0 Å². The van der Waals surface area contributed by atoms with Gasteiger partial charge in [-0.1, -0.05) is 243 Å². The lowest BCUT2D eigenvalue weighted by atomic mass is 9.77. The minimum atomic E-state index is -0.129. The van der Waals surface area contributed by atoms with Crippen LogP contribution in [0.1, 0.15) is 0 Å². The lowest BCUT2D eigenvalue weighted by molar-refractivity contribution is 1.60. The highest BCUT2D eigenvalue weighted by Gasteiger charge is 2.31. The molecule has 0 aliphatic rings. The van der Waals surface area contributed by atoms with Gasteiger partial charge in [0, 0.05) is 43.1 Å². The lowest BCUT2D eigenvalue weighted by Gasteiger charge is -2.24. The molecule has 4 bridgehead atoms.